The monoisotopic (exact) mass is 403 g/mol. The largest absolute Gasteiger partial charge is 0.496 e. The number of aromatic nitrogens is 4. The molecule has 0 saturated carbocycles. The number of aromatic amines is 1. The average molecular weight is 403 g/mol. The number of rotatable bonds is 6. The first kappa shape index (κ1) is 19.7. The fourth-order valence-electron chi connectivity index (χ4n) is 3.64. The molecule has 154 valence electrons. The number of carbonyl (C=O) groups excluding carboxylic acids is 1. The second kappa shape index (κ2) is 8.02. The molecule has 0 unspecified atom stereocenters. The van der Waals surface area contributed by atoms with Gasteiger partial charge in [-0.1, -0.05) is 25.1 Å². The normalized spacial score (nSPS) is 11.1. The standard InChI is InChI=1S/C23H25N5O2/c1-5-9-28-13-16(12-24-28)22-17-10-18(20(30-4)11-19(17)26-27-22)23(29)25-21-14(2)7-6-8-15(21)3/h6-8,10-13H,5,9H2,1-4H3,(H,25,29)(H,26,27). The molecule has 0 spiro atoms. The van der Waals surface area contributed by atoms with Gasteiger partial charge in [-0.25, -0.2) is 0 Å². The van der Waals surface area contributed by atoms with E-state index < -0.39 is 0 Å². The summed E-state index contributed by atoms with van der Waals surface area (Å²) in [7, 11) is 1.56. The molecule has 7 nitrogen and oxygen atoms in total. The highest BCUT2D eigenvalue weighted by Gasteiger charge is 2.19. The fourth-order valence-corrected chi connectivity index (χ4v) is 3.64. The highest BCUT2D eigenvalue weighted by atomic mass is 16.5. The fraction of sp³-hybridized carbons (Fsp3) is 0.261. The quantitative estimate of drug-likeness (QED) is 0.488. The molecule has 1 amide bonds. The van der Waals surface area contributed by atoms with Gasteiger partial charge >= 0.3 is 0 Å². The van der Waals surface area contributed by atoms with Crippen molar-refractivity contribution in [3.05, 3.63) is 59.4 Å². The van der Waals surface area contributed by atoms with Crippen LogP contribution in [-0.4, -0.2) is 33.0 Å². The summed E-state index contributed by atoms with van der Waals surface area (Å²) in [5.41, 5.74) is 5.76. The lowest BCUT2D eigenvalue weighted by molar-refractivity contribution is 0.102. The predicted molar refractivity (Wildman–Crippen MR) is 118 cm³/mol. The van der Waals surface area contributed by atoms with Crippen LogP contribution in [-0.2, 0) is 6.54 Å². The molecule has 0 saturated heterocycles. The first-order valence-electron chi connectivity index (χ1n) is 9.98. The average Bonchev–Trinajstić information content (AvgIpc) is 3.36. The first-order chi connectivity index (χ1) is 14.5. The van der Waals surface area contributed by atoms with Crippen LogP contribution in [0.3, 0.4) is 0 Å². The third-order valence-electron chi connectivity index (χ3n) is 5.21. The highest BCUT2D eigenvalue weighted by Crippen LogP contribution is 2.32. The van der Waals surface area contributed by atoms with Gasteiger partial charge in [-0.05, 0) is 37.5 Å². The number of ether oxygens (including phenoxy) is 1. The molecule has 30 heavy (non-hydrogen) atoms. The number of carbonyl (C=O) groups is 1. The number of aryl methyl sites for hydroxylation is 3. The third kappa shape index (κ3) is 3.54. The molecule has 2 heterocycles. The Hall–Kier alpha value is -3.61. The molecule has 0 aliphatic carbocycles. The van der Waals surface area contributed by atoms with Crippen molar-refractivity contribution >= 4 is 22.5 Å². The van der Waals surface area contributed by atoms with Crippen LogP contribution in [0.2, 0.25) is 0 Å². The van der Waals surface area contributed by atoms with Crippen LogP contribution >= 0.6 is 0 Å². The van der Waals surface area contributed by atoms with E-state index >= 15 is 0 Å². The number of hydrogen-bond acceptors (Lipinski definition) is 4. The summed E-state index contributed by atoms with van der Waals surface area (Å²) in [4.78, 5) is 13.2. The number of H-pyrrole nitrogens is 1. The van der Waals surface area contributed by atoms with E-state index in [1.54, 1.807) is 13.3 Å². The van der Waals surface area contributed by atoms with Gasteiger partial charge in [0.15, 0.2) is 0 Å². The number of para-hydroxylation sites is 1. The zero-order valence-electron chi connectivity index (χ0n) is 17.6. The zero-order chi connectivity index (χ0) is 21.3. The molecule has 0 aliphatic heterocycles. The maximum absolute atomic E-state index is 13.2. The van der Waals surface area contributed by atoms with Crippen LogP contribution in [0.15, 0.2) is 42.7 Å². The van der Waals surface area contributed by atoms with E-state index in [0.717, 1.165) is 51.9 Å². The van der Waals surface area contributed by atoms with Gasteiger partial charge in [0.05, 0.1) is 24.4 Å². The molecule has 0 atom stereocenters. The highest BCUT2D eigenvalue weighted by molar-refractivity contribution is 6.10. The van der Waals surface area contributed by atoms with Gasteiger partial charge in [0.25, 0.3) is 5.91 Å². The van der Waals surface area contributed by atoms with Gasteiger partial charge in [-0.15, -0.1) is 0 Å². The summed E-state index contributed by atoms with van der Waals surface area (Å²) in [6.45, 7) is 6.91. The Morgan fingerprint density at radius 3 is 2.70 bits per heavy atom. The van der Waals surface area contributed by atoms with Crippen molar-refractivity contribution in [3.63, 3.8) is 0 Å². The van der Waals surface area contributed by atoms with Gasteiger partial charge in [0.1, 0.15) is 11.4 Å². The predicted octanol–water partition coefficient (Wildman–Crippen LogP) is 4.71. The first-order valence-corrected chi connectivity index (χ1v) is 9.98. The maximum Gasteiger partial charge on any atom is 0.259 e. The molecular weight excluding hydrogens is 378 g/mol. The van der Waals surface area contributed by atoms with Crippen molar-refractivity contribution in [1.82, 2.24) is 20.0 Å². The molecule has 2 N–H and O–H groups in total. The van der Waals surface area contributed by atoms with Crippen LogP contribution in [0, 0.1) is 13.8 Å². The summed E-state index contributed by atoms with van der Waals surface area (Å²) in [5, 5.41) is 15.8. The van der Waals surface area contributed by atoms with Crippen molar-refractivity contribution in [3.8, 4) is 17.0 Å². The minimum absolute atomic E-state index is 0.222. The number of hydrogen-bond donors (Lipinski definition) is 2. The molecule has 2 aromatic carbocycles. The lowest BCUT2D eigenvalue weighted by Gasteiger charge is -2.13. The second-order valence-electron chi connectivity index (χ2n) is 7.38. The second-order valence-corrected chi connectivity index (χ2v) is 7.38. The van der Waals surface area contributed by atoms with Gasteiger partial charge in [-0.2, -0.15) is 10.2 Å². The SMILES string of the molecule is CCCn1cc(-c2n[nH]c3cc(OC)c(C(=O)Nc4c(C)cccc4C)cc23)cn1. The molecular formula is C23H25N5O2. The van der Waals surface area contributed by atoms with E-state index in [9.17, 15) is 4.79 Å². The number of nitrogens with zero attached hydrogens (tertiary/aromatic N) is 3. The van der Waals surface area contributed by atoms with Crippen molar-refractivity contribution < 1.29 is 9.53 Å². The van der Waals surface area contributed by atoms with Crippen molar-refractivity contribution in [2.45, 2.75) is 33.7 Å². The molecule has 4 aromatic rings. The minimum atomic E-state index is -0.222. The zero-order valence-corrected chi connectivity index (χ0v) is 17.6. The van der Waals surface area contributed by atoms with Gasteiger partial charge in [0.2, 0.25) is 0 Å². The minimum Gasteiger partial charge on any atom is -0.496 e. The summed E-state index contributed by atoms with van der Waals surface area (Å²) in [5.74, 6) is 0.267. The Bertz CT molecular complexity index is 1200. The van der Waals surface area contributed by atoms with E-state index in [1.165, 1.54) is 0 Å². The number of benzene rings is 2. The number of fused-ring (bicyclic) bond motifs is 1. The lowest BCUT2D eigenvalue weighted by Crippen LogP contribution is -2.15. The van der Waals surface area contributed by atoms with Gasteiger partial charge in [-0.3, -0.25) is 14.6 Å². The molecule has 7 heteroatoms. The van der Waals surface area contributed by atoms with E-state index in [1.807, 2.05) is 55.1 Å². The number of amides is 1. The van der Waals surface area contributed by atoms with Crippen molar-refractivity contribution in [1.29, 1.82) is 0 Å². The third-order valence-corrected chi connectivity index (χ3v) is 5.21. The Labute approximate surface area is 175 Å². The van der Waals surface area contributed by atoms with Crippen LogP contribution in [0.1, 0.15) is 34.8 Å². The summed E-state index contributed by atoms with van der Waals surface area (Å²) in [6, 6.07) is 9.56. The smallest absolute Gasteiger partial charge is 0.259 e. The number of anilines is 1. The van der Waals surface area contributed by atoms with Crippen LogP contribution in [0.4, 0.5) is 5.69 Å². The Kier molecular flexibility index (Phi) is 5.27. The molecule has 0 bridgehead atoms. The number of methoxy groups -OCH3 is 1. The van der Waals surface area contributed by atoms with Crippen molar-refractivity contribution in [2.75, 3.05) is 12.4 Å². The summed E-state index contributed by atoms with van der Waals surface area (Å²) >= 11 is 0. The van der Waals surface area contributed by atoms with E-state index in [-0.39, 0.29) is 5.91 Å². The Morgan fingerprint density at radius 2 is 2.00 bits per heavy atom. The van der Waals surface area contributed by atoms with Crippen LogP contribution < -0.4 is 10.1 Å². The van der Waals surface area contributed by atoms with Crippen molar-refractivity contribution in [2.24, 2.45) is 0 Å². The Balaban J connectivity index is 1.76. The molecule has 4 rings (SSSR count). The lowest BCUT2D eigenvalue weighted by atomic mass is 10.0. The maximum atomic E-state index is 13.2. The molecule has 0 aliphatic rings. The molecule has 0 fully saturated rings. The topological polar surface area (TPSA) is 84.8 Å². The summed E-state index contributed by atoms with van der Waals surface area (Å²) < 4.78 is 7.40. The summed E-state index contributed by atoms with van der Waals surface area (Å²) in [6.07, 6.45) is 4.77. The Morgan fingerprint density at radius 1 is 1.23 bits per heavy atom. The van der Waals surface area contributed by atoms with Gasteiger partial charge < -0.3 is 10.1 Å². The van der Waals surface area contributed by atoms with Crippen LogP contribution in [0.25, 0.3) is 22.2 Å². The van der Waals surface area contributed by atoms with E-state index in [4.69, 9.17) is 4.74 Å². The van der Waals surface area contributed by atoms with E-state index in [0.29, 0.717) is 11.3 Å². The van der Waals surface area contributed by atoms with Gasteiger partial charge in [0, 0.05) is 35.4 Å². The molecule has 2 aromatic heterocycles. The van der Waals surface area contributed by atoms with E-state index in [2.05, 4.69) is 27.5 Å². The molecule has 0 radical (unpaired) electrons. The number of nitrogens with one attached hydrogen (secondary N) is 2. The van der Waals surface area contributed by atoms with Crippen LogP contribution in [0.5, 0.6) is 5.75 Å².